The first-order valence-electron chi connectivity index (χ1n) is 6.25. The zero-order valence-electron chi connectivity index (χ0n) is 11.2. The summed E-state index contributed by atoms with van der Waals surface area (Å²) in [5.74, 6) is 0.675. The van der Waals surface area contributed by atoms with E-state index in [2.05, 4.69) is 10.3 Å². The van der Waals surface area contributed by atoms with Gasteiger partial charge in [0.05, 0.1) is 13.3 Å². The van der Waals surface area contributed by atoms with E-state index >= 15 is 0 Å². The van der Waals surface area contributed by atoms with Crippen molar-refractivity contribution in [3.05, 3.63) is 24.0 Å². The fourth-order valence-electron chi connectivity index (χ4n) is 1.74. The van der Waals surface area contributed by atoms with Crippen LogP contribution in [-0.2, 0) is 4.74 Å². The molecule has 1 aromatic rings. The van der Waals surface area contributed by atoms with Crippen molar-refractivity contribution in [2.75, 3.05) is 26.9 Å². The molecule has 0 radical (unpaired) electrons. The second kappa shape index (κ2) is 8.77. The average Bonchev–Trinajstić information content (AvgIpc) is 2.42. The van der Waals surface area contributed by atoms with Crippen LogP contribution in [0.5, 0.6) is 5.75 Å². The topological polar surface area (TPSA) is 43.4 Å². The minimum Gasteiger partial charge on any atom is -0.495 e. The van der Waals surface area contributed by atoms with Gasteiger partial charge in [0.1, 0.15) is 12.4 Å². The molecule has 1 unspecified atom stereocenters. The number of methoxy groups -OCH3 is 1. The van der Waals surface area contributed by atoms with E-state index in [1.165, 1.54) is 0 Å². The highest BCUT2D eigenvalue weighted by Crippen LogP contribution is 2.20. The van der Waals surface area contributed by atoms with Crippen LogP contribution in [0.25, 0.3) is 0 Å². The van der Waals surface area contributed by atoms with Gasteiger partial charge in [-0.05, 0) is 24.6 Å². The molecule has 1 rings (SSSR count). The van der Waals surface area contributed by atoms with Gasteiger partial charge < -0.3 is 14.8 Å². The maximum absolute atomic E-state index is 12.0. The molecule has 0 aliphatic rings. The molecule has 0 aliphatic heterocycles. The predicted molar refractivity (Wildman–Crippen MR) is 68.6 cm³/mol. The number of pyridine rings is 1. The van der Waals surface area contributed by atoms with E-state index in [1.807, 2.05) is 13.0 Å². The molecule has 6 heteroatoms. The first-order valence-corrected chi connectivity index (χ1v) is 6.25. The molecule has 0 aliphatic carbocycles. The quantitative estimate of drug-likeness (QED) is 0.702. The summed E-state index contributed by atoms with van der Waals surface area (Å²) in [4.78, 5) is 4.09. The molecule has 4 nitrogen and oxygen atoms in total. The number of rotatable bonds is 9. The van der Waals surface area contributed by atoms with Gasteiger partial charge in [0.2, 0.25) is 0 Å². The van der Waals surface area contributed by atoms with Crippen molar-refractivity contribution >= 4 is 0 Å². The second-order valence-corrected chi connectivity index (χ2v) is 4.02. The van der Waals surface area contributed by atoms with Crippen LogP contribution in [0.4, 0.5) is 8.78 Å². The molecular formula is C13H20F2N2O2. The van der Waals surface area contributed by atoms with E-state index in [0.717, 1.165) is 12.1 Å². The highest BCUT2D eigenvalue weighted by molar-refractivity contribution is 5.25. The lowest BCUT2D eigenvalue weighted by Crippen LogP contribution is -2.23. The van der Waals surface area contributed by atoms with Gasteiger partial charge in [-0.1, -0.05) is 6.92 Å². The van der Waals surface area contributed by atoms with Crippen LogP contribution in [0, 0.1) is 0 Å². The van der Waals surface area contributed by atoms with E-state index in [0.29, 0.717) is 12.2 Å². The van der Waals surface area contributed by atoms with Gasteiger partial charge in [-0.15, -0.1) is 0 Å². The average molecular weight is 274 g/mol. The monoisotopic (exact) mass is 274 g/mol. The maximum Gasteiger partial charge on any atom is 0.261 e. The van der Waals surface area contributed by atoms with Crippen LogP contribution in [0.1, 0.15) is 24.9 Å². The number of hydrogen-bond acceptors (Lipinski definition) is 4. The lowest BCUT2D eigenvalue weighted by molar-refractivity contribution is 0.0144. The Labute approximate surface area is 112 Å². The summed E-state index contributed by atoms with van der Waals surface area (Å²) in [5.41, 5.74) is 0.960. The van der Waals surface area contributed by atoms with Gasteiger partial charge in [-0.25, -0.2) is 8.78 Å². The number of alkyl halides is 2. The van der Waals surface area contributed by atoms with Crippen molar-refractivity contribution < 1.29 is 18.3 Å². The van der Waals surface area contributed by atoms with Crippen LogP contribution in [0.2, 0.25) is 0 Å². The van der Waals surface area contributed by atoms with Gasteiger partial charge in [-0.3, -0.25) is 4.98 Å². The van der Waals surface area contributed by atoms with E-state index in [1.54, 1.807) is 19.5 Å². The zero-order chi connectivity index (χ0) is 14.1. The molecule has 0 saturated carbocycles. The van der Waals surface area contributed by atoms with Crippen molar-refractivity contribution in [3.63, 3.8) is 0 Å². The number of nitrogens with zero attached hydrogens (tertiary/aromatic N) is 1. The Hall–Kier alpha value is -1.27. The predicted octanol–water partition coefficient (Wildman–Crippen LogP) is 2.41. The molecule has 0 fully saturated rings. The van der Waals surface area contributed by atoms with Crippen molar-refractivity contribution in [2.24, 2.45) is 0 Å². The number of halogens is 2. The van der Waals surface area contributed by atoms with Gasteiger partial charge >= 0.3 is 0 Å². The third-order valence-corrected chi connectivity index (χ3v) is 2.62. The normalized spacial score (nSPS) is 12.7. The summed E-state index contributed by atoms with van der Waals surface area (Å²) in [7, 11) is 1.58. The van der Waals surface area contributed by atoms with Crippen molar-refractivity contribution in [1.82, 2.24) is 10.3 Å². The number of nitrogens with one attached hydrogen (secondary N) is 1. The third kappa shape index (κ3) is 5.94. The van der Waals surface area contributed by atoms with Crippen LogP contribution < -0.4 is 10.1 Å². The molecule has 0 saturated heterocycles. The van der Waals surface area contributed by atoms with Crippen LogP contribution >= 0.6 is 0 Å². The Morgan fingerprint density at radius 2 is 2.16 bits per heavy atom. The lowest BCUT2D eigenvalue weighted by atomic mass is 10.1. The van der Waals surface area contributed by atoms with E-state index in [9.17, 15) is 8.78 Å². The highest BCUT2D eigenvalue weighted by atomic mass is 19.3. The van der Waals surface area contributed by atoms with Crippen molar-refractivity contribution in [3.8, 4) is 5.75 Å². The highest BCUT2D eigenvalue weighted by Gasteiger charge is 2.12. The van der Waals surface area contributed by atoms with Crippen molar-refractivity contribution in [2.45, 2.75) is 25.8 Å². The Morgan fingerprint density at radius 3 is 2.79 bits per heavy atom. The fraction of sp³-hybridized carbons (Fsp3) is 0.615. The molecule has 1 aromatic heterocycles. The summed E-state index contributed by atoms with van der Waals surface area (Å²) in [5, 5.41) is 3.28. The molecule has 1 atom stereocenters. The Morgan fingerprint density at radius 1 is 1.37 bits per heavy atom. The van der Waals surface area contributed by atoms with E-state index in [-0.39, 0.29) is 12.6 Å². The largest absolute Gasteiger partial charge is 0.495 e. The van der Waals surface area contributed by atoms with Gasteiger partial charge in [0.15, 0.2) is 0 Å². The second-order valence-electron chi connectivity index (χ2n) is 4.02. The maximum atomic E-state index is 12.0. The molecule has 0 bridgehead atoms. The molecule has 0 aromatic carbocycles. The summed E-state index contributed by atoms with van der Waals surface area (Å²) in [6.45, 7) is 2.52. The zero-order valence-corrected chi connectivity index (χ0v) is 11.2. The van der Waals surface area contributed by atoms with Crippen LogP contribution in [0.15, 0.2) is 18.5 Å². The minimum atomic E-state index is -2.42. The molecule has 1 heterocycles. The minimum absolute atomic E-state index is 0.0188. The number of ether oxygens (including phenoxy) is 2. The van der Waals surface area contributed by atoms with Crippen molar-refractivity contribution in [1.29, 1.82) is 0 Å². The molecule has 108 valence electrons. The third-order valence-electron chi connectivity index (χ3n) is 2.62. The molecular weight excluding hydrogens is 254 g/mol. The Balaban J connectivity index is 2.55. The van der Waals surface area contributed by atoms with E-state index in [4.69, 9.17) is 9.47 Å². The smallest absolute Gasteiger partial charge is 0.261 e. The number of hydrogen-bond donors (Lipinski definition) is 1. The first kappa shape index (κ1) is 15.8. The molecule has 0 amide bonds. The Bertz CT molecular complexity index is 364. The van der Waals surface area contributed by atoms with Gasteiger partial charge in [0.25, 0.3) is 6.43 Å². The summed E-state index contributed by atoms with van der Waals surface area (Å²) < 4.78 is 34.0. The molecule has 0 spiro atoms. The SMILES string of the molecule is CCNC(CCOCC(F)F)c1cncc(OC)c1. The fourth-order valence-corrected chi connectivity index (χ4v) is 1.74. The number of aromatic nitrogens is 1. The van der Waals surface area contributed by atoms with Crippen LogP contribution in [-0.4, -0.2) is 38.3 Å². The molecule has 19 heavy (non-hydrogen) atoms. The van der Waals surface area contributed by atoms with Gasteiger partial charge in [0, 0.05) is 18.8 Å². The van der Waals surface area contributed by atoms with Gasteiger partial charge in [-0.2, -0.15) is 0 Å². The Kier molecular flexibility index (Phi) is 7.28. The lowest BCUT2D eigenvalue weighted by Gasteiger charge is -2.18. The standard InChI is InChI=1S/C13H20F2N2O2/c1-3-17-12(4-5-19-9-13(14)15)10-6-11(18-2)8-16-7-10/h6-8,12-13,17H,3-5,9H2,1-2H3. The first-order chi connectivity index (χ1) is 9.17. The summed E-state index contributed by atoms with van der Waals surface area (Å²) >= 11 is 0. The van der Waals surface area contributed by atoms with Crippen LogP contribution in [0.3, 0.4) is 0 Å². The summed E-state index contributed by atoms with van der Waals surface area (Å²) in [6.07, 6.45) is 1.55. The van der Waals surface area contributed by atoms with E-state index < -0.39 is 13.0 Å². The summed E-state index contributed by atoms with van der Waals surface area (Å²) in [6, 6.07) is 1.90. The molecule has 1 N–H and O–H groups in total.